The van der Waals surface area contributed by atoms with Gasteiger partial charge in [-0.2, -0.15) is 0 Å². The number of hydrogen-bond acceptors (Lipinski definition) is 6. The number of alkyl halides is 3. The van der Waals surface area contributed by atoms with Crippen LogP contribution in [0.5, 0.6) is 5.75 Å². The fraction of sp³-hybridized carbons (Fsp3) is 0.481. The lowest BCUT2D eigenvalue weighted by atomic mass is 9.78. The molecule has 14 heteroatoms. The maximum Gasteiger partial charge on any atom is 0.573 e. The number of imidazole rings is 1. The molecule has 3 aromatic rings. The molecule has 1 aliphatic rings. The topological polar surface area (TPSA) is 108 Å². The number of sulfone groups is 1. The average molecular weight is 605 g/mol. The lowest BCUT2D eigenvalue weighted by Crippen LogP contribution is -2.37. The molecule has 0 amide bonds. The standard InChI is InChI=1S/C27H29F5N2O6S/c1-15(25(2,3)37)33-21-12-17(23(35)14-26(4)7-9-41(38,39)10-8-26)19(29)13-22(21)34(24(33)36)20-11-16(5-6-18(20)28)40-27(30,31)32/h5-6,11-13,15,37H,7-10,14H2,1-4H3. The van der Waals surface area contributed by atoms with Crippen molar-refractivity contribution in [3.63, 3.8) is 0 Å². The number of hydrogen-bond donors (Lipinski definition) is 1. The van der Waals surface area contributed by atoms with Crippen molar-refractivity contribution < 1.29 is 45.0 Å². The lowest BCUT2D eigenvalue weighted by molar-refractivity contribution is -0.274. The molecule has 2 heterocycles. The predicted molar refractivity (Wildman–Crippen MR) is 140 cm³/mol. The van der Waals surface area contributed by atoms with Gasteiger partial charge in [0.2, 0.25) is 0 Å². The van der Waals surface area contributed by atoms with Gasteiger partial charge in [0.05, 0.1) is 45.4 Å². The Labute approximate surface area is 232 Å². The molecular formula is C27H29F5N2O6S. The summed E-state index contributed by atoms with van der Waals surface area (Å²) >= 11 is 0. The molecule has 224 valence electrons. The summed E-state index contributed by atoms with van der Waals surface area (Å²) in [4.78, 5) is 27.0. The van der Waals surface area contributed by atoms with E-state index in [1.807, 2.05) is 0 Å². The van der Waals surface area contributed by atoms with E-state index in [1.165, 1.54) is 20.8 Å². The van der Waals surface area contributed by atoms with E-state index in [-0.39, 0.29) is 41.8 Å². The average Bonchev–Trinajstić information content (AvgIpc) is 3.10. The first-order valence-electron chi connectivity index (χ1n) is 12.7. The second kappa shape index (κ2) is 10.2. The zero-order chi connectivity index (χ0) is 30.7. The van der Waals surface area contributed by atoms with Crippen molar-refractivity contribution >= 4 is 26.7 Å². The number of ether oxygens (including phenoxy) is 1. The highest BCUT2D eigenvalue weighted by Crippen LogP contribution is 2.38. The molecule has 2 aromatic carbocycles. The molecule has 8 nitrogen and oxygen atoms in total. The summed E-state index contributed by atoms with van der Waals surface area (Å²) in [5.41, 5.74) is -4.69. The van der Waals surface area contributed by atoms with E-state index in [0.29, 0.717) is 22.8 Å². The van der Waals surface area contributed by atoms with Crippen LogP contribution < -0.4 is 10.4 Å². The van der Waals surface area contributed by atoms with Gasteiger partial charge >= 0.3 is 12.1 Å². The number of fused-ring (bicyclic) bond motifs is 1. The van der Waals surface area contributed by atoms with Crippen LogP contribution in [0.4, 0.5) is 22.0 Å². The van der Waals surface area contributed by atoms with Crippen molar-refractivity contribution in [3.05, 3.63) is 58.0 Å². The number of Topliss-reactive ketones (excluding diaryl/α,β-unsaturated/α-hetero) is 1. The minimum absolute atomic E-state index is 0.0766. The molecule has 1 unspecified atom stereocenters. The Morgan fingerprint density at radius 1 is 1.07 bits per heavy atom. The maximum absolute atomic E-state index is 15.5. The summed E-state index contributed by atoms with van der Waals surface area (Å²) < 4.78 is 98.2. The Morgan fingerprint density at radius 3 is 2.24 bits per heavy atom. The van der Waals surface area contributed by atoms with Gasteiger partial charge in [0.1, 0.15) is 27.2 Å². The normalized spacial score (nSPS) is 17.9. The fourth-order valence-electron chi connectivity index (χ4n) is 4.93. The van der Waals surface area contributed by atoms with Crippen molar-refractivity contribution in [2.24, 2.45) is 5.41 Å². The molecule has 0 spiro atoms. The van der Waals surface area contributed by atoms with Crippen LogP contribution in [0.1, 0.15) is 63.4 Å². The van der Waals surface area contributed by atoms with Gasteiger partial charge < -0.3 is 9.84 Å². The third-order valence-electron chi connectivity index (χ3n) is 7.68. The highest BCUT2D eigenvalue weighted by molar-refractivity contribution is 7.91. The first-order chi connectivity index (χ1) is 18.7. The predicted octanol–water partition coefficient (Wildman–Crippen LogP) is 5.09. The van der Waals surface area contributed by atoms with Gasteiger partial charge in [-0.15, -0.1) is 13.2 Å². The van der Waals surface area contributed by atoms with E-state index >= 15 is 4.39 Å². The molecule has 0 bridgehead atoms. The first kappa shape index (κ1) is 30.7. The number of nitrogens with zero attached hydrogens (tertiary/aromatic N) is 2. The van der Waals surface area contributed by atoms with Crippen LogP contribution in [0, 0.1) is 17.0 Å². The molecule has 41 heavy (non-hydrogen) atoms. The van der Waals surface area contributed by atoms with Crippen LogP contribution in [0.3, 0.4) is 0 Å². The first-order valence-corrected chi connectivity index (χ1v) is 14.5. The Kier molecular flexibility index (Phi) is 7.66. The van der Waals surface area contributed by atoms with Gasteiger partial charge in [0, 0.05) is 18.6 Å². The number of halogens is 5. The summed E-state index contributed by atoms with van der Waals surface area (Å²) in [6, 6.07) is 2.88. The third-order valence-corrected chi connectivity index (χ3v) is 9.34. The van der Waals surface area contributed by atoms with E-state index in [9.17, 15) is 40.7 Å². The summed E-state index contributed by atoms with van der Waals surface area (Å²) in [6.45, 7) is 5.97. The molecule has 1 saturated heterocycles. The number of rotatable bonds is 7. The van der Waals surface area contributed by atoms with Gasteiger partial charge in [-0.05, 0) is 57.2 Å². The van der Waals surface area contributed by atoms with E-state index in [4.69, 9.17) is 0 Å². The van der Waals surface area contributed by atoms with Crippen LogP contribution in [0.25, 0.3) is 16.7 Å². The van der Waals surface area contributed by atoms with Crippen LogP contribution in [0.2, 0.25) is 0 Å². The SMILES string of the molecule is CC(n1c(=O)n(-c2cc(OC(F)(F)F)ccc2F)c2cc(F)c(C(=O)CC3(C)CCS(=O)(=O)CC3)cc21)C(C)(C)O. The minimum Gasteiger partial charge on any atom is -0.406 e. The second-order valence-electron chi connectivity index (χ2n) is 11.4. The van der Waals surface area contributed by atoms with Crippen molar-refractivity contribution in [2.75, 3.05) is 11.5 Å². The maximum atomic E-state index is 15.5. The molecule has 1 atom stereocenters. The van der Waals surface area contributed by atoms with Crippen LogP contribution in [0.15, 0.2) is 35.1 Å². The molecular weight excluding hydrogens is 575 g/mol. The van der Waals surface area contributed by atoms with Crippen LogP contribution in [-0.2, 0) is 9.84 Å². The molecule has 0 saturated carbocycles. The van der Waals surface area contributed by atoms with E-state index in [0.717, 1.165) is 16.7 Å². The van der Waals surface area contributed by atoms with Gasteiger partial charge in [0.15, 0.2) is 5.78 Å². The Bertz CT molecular complexity index is 1670. The van der Waals surface area contributed by atoms with Crippen LogP contribution in [-0.4, -0.2) is 51.9 Å². The number of ketones is 1. The highest BCUT2D eigenvalue weighted by Gasteiger charge is 2.37. The number of carbonyl (C=O) groups excluding carboxylic acids is 1. The van der Waals surface area contributed by atoms with Crippen molar-refractivity contribution in [2.45, 2.75) is 65.0 Å². The lowest BCUT2D eigenvalue weighted by Gasteiger charge is -2.32. The van der Waals surface area contributed by atoms with Gasteiger partial charge in [0.25, 0.3) is 0 Å². The number of aromatic nitrogens is 2. The fourth-order valence-corrected chi connectivity index (χ4v) is 6.74. The Morgan fingerprint density at radius 2 is 1.68 bits per heavy atom. The van der Waals surface area contributed by atoms with Crippen molar-refractivity contribution in [3.8, 4) is 11.4 Å². The molecule has 1 aliphatic heterocycles. The zero-order valence-electron chi connectivity index (χ0n) is 22.7. The Balaban J connectivity index is 1.90. The number of aliphatic hydroxyl groups is 1. The summed E-state index contributed by atoms with van der Waals surface area (Å²) in [5, 5.41) is 10.7. The molecule has 1 fully saturated rings. The third kappa shape index (κ3) is 6.32. The quantitative estimate of drug-likeness (QED) is 0.298. The summed E-state index contributed by atoms with van der Waals surface area (Å²) in [6.07, 6.45) is -4.87. The van der Waals surface area contributed by atoms with Gasteiger partial charge in [-0.3, -0.25) is 13.9 Å². The molecule has 1 aromatic heterocycles. The molecule has 0 radical (unpaired) electrons. The molecule has 4 rings (SSSR count). The second-order valence-corrected chi connectivity index (χ2v) is 13.7. The Hall–Kier alpha value is -3.26. The van der Waals surface area contributed by atoms with Gasteiger partial charge in [-0.25, -0.2) is 22.0 Å². The molecule has 0 aliphatic carbocycles. The summed E-state index contributed by atoms with van der Waals surface area (Å²) in [7, 11) is -3.22. The van der Waals surface area contributed by atoms with Crippen molar-refractivity contribution in [1.82, 2.24) is 9.13 Å². The smallest absolute Gasteiger partial charge is 0.406 e. The number of carbonyl (C=O) groups is 1. The molecule has 1 N–H and O–H groups in total. The minimum atomic E-state index is -5.11. The van der Waals surface area contributed by atoms with Gasteiger partial charge in [-0.1, -0.05) is 6.92 Å². The van der Waals surface area contributed by atoms with Crippen LogP contribution >= 0.6 is 0 Å². The van der Waals surface area contributed by atoms with E-state index in [2.05, 4.69) is 4.74 Å². The van der Waals surface area contributed by atoms with Crippen molar-refractivity contribution in [1.29, 1.82) is 0 Å². The monoisotopic (exact) mass is 604 g/mol. The zero-order valence-corrected chi connectivity index (χ0v) is 23.5. The van der Waals surface area contributed by atoms with E-state index < -0.39 is 73.4 Å². The summed E-state index contributed by atoms with van der Waals surface area (Å²) in [5.74, 6) is -3.87. The highest BCUT2D eigenvalue weighted by atomic mass is 32.2. The largest absolute Gasteiger partial charge is 0.573 e. The number of benzene rings is 2. The van der Waals surface area contributed by atoms with E-state index in [1.54, 1.807) is 6.92 Å².